The van der Waals surface area contributed by atoms with Crippen molar-refractivity contribution in [3.63, 3.8) is 0 Å². The number of likely N-dealkylation sites (N-methyl/N-ethyl adjacent to an activating group) is 1. The number of carbonyl (C=O) groups is 2. The number of hydrogen-bond donors (Lipinski definition) is 0. The molecule has 0 N–H and O–H groups in total. The molecule has 28 heavy (non-hydrogen) atoms. The average molecular weight is 381 g/mol. The Hall–Kier alpha value is -3.16. The molecule has 4 rings (SSSR count). The fourth-order valence-corrected chi connectivity index (χ4v) is 3.80. The highest BCUT2D eigenvalue weighted by Gasteiger charge is 2.41. The van der Waals surface area contributed by atoms with E-state index in [1.54, 1.807) is 30.2 Å². The Morgan fingerprint density at radius 2 is 1.96 bits per heavy atom. The van der Waals surface area contributed by atoms with Crippen molar-refractivity contribution in [3.05, 3.63) is 30.5 Å². The van der Waals surface area contributed by atoms with Crippen molar-refractivity contribution >= 4 is 23.8 Å². The normalized spacial score (nSPS) is 18.8. The number of aromatic nitrogens is 2. The number of rotatable bonds is 3. The van der Waals surface area contributed by atoms with E-state index in [1.165, 1.54) is 4.90 Å². The third-order valence-electron chi connectivity index (χ3n) is 5.31. The van der Waals surface area contributed by atoms with Gasteiger partial charge in [0.1, 0.15) is 11.4 Å². The molecular formula is C20H23N5O3. The van der Waals surface area contributed by atoms with Crippen molar-refractivity contribution in [1.82, 2.24) is 14.9 Å². The summed E-state index contributed by atoms with van der Waals surface area (Å²) < 4.78 is 5.41. The van der Waals surface area contributed by atoms with Crippen molar-refractivity contribution in [3.8, 4) is 17.1 Å². The number of ether oxygens (including phenoxy) is 1. The molecule has 0 radical (unpaired) electrons. The van der Waals surface area contributed by atoms with E-state index < -0.39 is 6.17 Å². The number of benzene rings is 1. The van der Waals surface area contributed by atoms with Gasteiger partial charge in [0, 0.05) is 20.1 Å². The molecule has 0 saturated carbocycles. The van der Waals surface area contributed by atoms with Crippen LogP contribution in [-0.4, -0.2) is 60.6 Å². The summed E-state index contributed by atoms with van der Waals surface area (Å²) in [5, 5.41) is 0. The van der Waals surface area contributed by atoms with E-state index in [0.29, 0.717) is 36.2 Å². The molecule has 2 amide bonds. The zero-order valence-electron chi connectivity index (χ0n) is 16.0. The monoisotopic (exact) mass is 381 g/mol. The molecule has 1 atom stereocenters. The molecule has 2 aliphatic rings. The third kappa shape index (κ3) is 2.94. The number of aldehydes is 1. The summed E-state index contributed by atoms with van der Waals surface area (Å²) in [4.78, 5) is 39.1. The molecular weight excluding hydrogens is 358 g/mol. The number of fused-ring (bicyclic) bond motifs is 1. The second-order valence-electron chi connectivity index (χ2n) is 6.96. The number of likely N-dealkylation sites (tertiary alicyclic amines) is 1. The first-order chi connectivity index (χ1) is 13.7. The average Bonchev–Trinajstić information content (AvgIpc) is 3.04. The summed E-state index contributed by atoms with van der Waals surface area (Å²) in [6, 6.07) is 7.32. The maximum Gasteiger partial charge on any atom is 0.326 e. The van der Waals surface area contributed by atoms with E-state index in [0.717, 1.165) is 31.1 Å². The van der Waals surface area contributed by atoms with E-state index in [1.807, 2.05) is 24.3 Å². The highest BCUT2D eigenvalue weighted by Crippen LogP contribution is 2.39. The van der Waals surface area contributed by atoms with Gasteiger partial charge in [-0.15, -0.1) is 0 Å². The zero-order valence-corrected chi connectivity index (χ0v) is 16.0. The predicted octanol–water partition coefficient (Wildman–Crippen LogP) is 2.54. The van der Waals surface area contributed by atoms with Gasteiger partial charge in [-0.05, 0) is 31.4 Å². The Balaban J connectivity index is 1.73. The van der Waals surface area contributed by atoms with E-state index in [2.05, 4.69) is 9.97 Å². The topological polar surface area (TPSA) is 78.9 Å². The summed E-state index contributed by atoms with van der Waals surface area (Å²) in [6.45, 7) is 1.42. The predicted molar refractivity (Wildman–Crippen MR) is 106 cm³/mol. The molecule has 8 heteroatoms. The number of hydrogen-bond acceptors (Lipinski definition) is 6. The van der Waals surface area contributed by atoms with Crippen LogP contribution in [0.15, 0.2) is 30.5 Å². The second kappa shape index (κ2) is 7.46. The molecule has 1 unspecified atom stereocenters. The largest absolute Gasteiger partial charge is 0.496 e. The van der Waals surface area contributed by atoms with Crippen LogP contribution in [0.3, 0.4) is 0 Å². The van der Waals surface area contributed by atoms with Gasteiger partial charge >= 0.3 is 6.03 Å². The summed E-state index contributed by atoms with van der Waals surface area (Å²) in [5.41, 5.74) is 1.30. The first kappa shape index (κ1) is 18.2. The van der Waals surface area contributed by atoms with Crippen LogP contribution < -0.4 is 14.5 Å². The van der Waals surface area contributed by atoms with Gasteiger partial charge in [-0.3, -0.25) is 9.69 Å². The van der Waals surface area contributed by atoms with Crippen LogP contribution in [0.1, 0.15) is 19.3 Å². The minimum absolute atomic E-state index is 0.170. The molecule has 146 valence electrons. The van der Waals surface area contributed by atoms with Gasteiger partial charge in [0.05, 0.1) is 18.9 Å². The number of amides is 2. The molecule has 3 heterocycles. The van der Waals surface area contributed by atoms with Crippen LogP contribution >= 0.6 is 0 Å². The minimum Gasteiger partial charge on any atom is -0.496 e. The van der Waals surface area contributed by atoms with Crippen molar-refractivity contribution in [2.45, 2.75) is 25.4 Å². The highest BCUT2D eigenvalue weighted by molar-refractivity contribution is 6.03. The molecule has 8 nitrogen and oxygen atoms in total. The van der Waals surface area contributed by atoms with Crippen LogP contribution in [0.5, 0.6) is 5.75 Å². The summed E-state index contributed by atoms with van der Waals surface area (Å²) >= 11 is 0. The van der Waals surface area contributed by atoms with Crippen LogP contribution in [0, 0.1) is 0 Å². The van der Waals surface area contributed by atoms with Crippen molar-refractivity contribution in [1.29, 1.82) is 0 Å². The Labute approximate surface area is 163 Å². The lowest BCUT2D eigenvalue weighted by atomic mass is 10.1. The molecule has 2 aliphatic heterocycles. The minimum atomic E-state index is -0.730. The van der Waals surface area contributed by atoms with Gasteiger partial charge in [0.15, 0.2) is 24.1 Å². The smallest absolute Gasteiger partial charge is 0.326 e. The van der Waals surface area contributed by atoms with Crippen molar-refractivity contribution < 1.29 is 14.3 Å². The van der Waals surface area contributed by atoms with Crippen molar-refractivity contribution in [2.24, 2.45) is 0 Å². The van der Waals surface area contributed by atoms with Crippen LogP contribution in [0.2, 0.25) is 0 Å². The third-order valence-corrected chi connectivity index (χ3v) is 5.31. The maximum atomic E-state index is 13.1. The number of piperidine rings is 1. The van der Waals surface area contributed by atoms with E-state index >= 15 is 0 Å². The van der Waals surface area contributed by atoms with Gasteiger partial charge in [-0.25, -0.2) is 14.8 Å². The molecule has 0 spiro atoms. The molecule has 1 fully saturated rings. The Bertz CT molecular complexity index is 897. The first-order valence-electron chi connectivity index (χ1n) is 9.42. The fourth-order valence-electron chi connectivity index (χ4n) is 3.80. The second-order valence-corrected chi connectivity index (χ2v) is 6.96. The number of anilines is 2. The molecule has 0 bridgehead atoms. The molecule has 0 aliphatic carbocycles. The molecule has 1 aromatic carbocycles. The number of urea groups is 1. The van der Waals surface area contributed by atoms with E-state index in [9.17, 15) is 9.59 Å². The fraction of sp³-hybridized carbons (Fsp3) is 0.400. The quantitative estimate of drug-likeness (QED) is 0.761. The van der Waals surface area contributed by atoms with Crippen LogP contribution in [0.25, 0.3) is 11.4 Å². The molecule has 2 aromatic rings. The van der Waals surface area contributed by atoms with Crippen molar-refractivity contribution in [2.75, 3.05) is 37.0 Å². The van der Waals surface area contributed by atoms with Gasteiger partial charge in [0.2, 0.25) is 0 Å². The molecule has 1 aromatic heterocycles. The standard InChI is InChI=1S/C20H23N5O3/c1-23-17(13-26)25(20(27)24-10-6-3-7-11-24)15-12-21-18(22-19(15)23)14-8-4-5-9-16(14)28-2/h4-5,8-9,12-13,17H,3,6-7,10-11H2,1-2H3. The maximum absolute atomic E-state index is 13.1. The number of nitrogens with zero attached hydrogens (tertiary/aromatic N) is 5. The van der Waals surface area contributed by atoms with Crippen LogP contribution in [-0.2, 0) is 4.79 Å². The SMILES string of the molecule is COc1ccccc1-c1ncc2c(n1)N(C)C(C=O)N2C(=O)N1CCCCC1. The lowest BCUT2D eigenvalue weighted by Gasteiger charge is -2.33. The lowest BCUT2D eigenvalue weighted by Crippen LogP contribution is -2.52. The highest BCUT2D eigenvalue weighted by atomic mass is 16.5. The summed E-state index contributed by atoms with van der Waals surface area (Å²) in [7, 11) is 3.36. The van der Waals surface area contributed by atoms with Gasteiger partial charge < -0.3 is 14.5 Å². The molecule has 1 saturated heterocycles. The zero-order chi connectivity index (χ0) is 19.7. The van der Waals surface area contributed by atoms with Gasteiger partial charge in [-0.1, -0.05) is 12.1 Å². The number of carbonyl (C=O) groups excluding carboxylic acids is 2. The first-order valence-corrected chi connectivity index (χ1v) is 9.42. The Morgan fingerprint density at radius 3 is 2.68 bits per heavy atom. The van der Waals surface area contributed by atoms with Crippen LogP contribution in [0.4, 0.5) is 16.3 Å². The van der Waals surface area contributed by atoms with E-state index in [4.69, 9.17) is 4.74 Å². The summed E-state index contributed by atoms with van der Waals surface area (Å²) in [5.74, 6) is 1.70. The number of methoxy groups -OCH3 is 1. The number of para-hydroxylation sites is 1. The van der Waals surface area contributed by atoms with E-state index in [-0.39, 0.29) is 6.03 Å². The summed E-state index contributed by atoms with van der Waals surface area (Å²) in [6.07, 6.45) is 4.75. The van der Waals surface area contributed by atoms with Gasteiger partial charge in [0.25, 0.3) is 0 Å². The van der Waals surface area contributed by atoms with Gasteiger partial charge in [-0.2, -0.15) is 0 Å². The lowest BCUT2D eigenvalue weighted by molar-refractivity contribution is -0.108. The Kier molecular flexibility index (Phi) is 4.85. The Morgan fingerprint density at radius 1 is 1.21 bits per heavy atom.